The lowest BCUT2D eigenvalue weighted by Crippen LogP contribution is -1.99. The summed E-state index contributed by atoms with van der Waals surface area (Å²) in [4.78, 5) is 8.34. The molecule has 1 fully saturated rings. The highest BCUT2D eigenvalue weighted by atomic mass is 16.5. The van der Waals surface area contributed by atoms with Crippen molar-refractivity contribution in [3.63, 3.8) is 0 Å². The summed E-state index contributed by atoms with van der Waals surface area (Å²) in [5.74, 6) is 0.601. The molecular formula is C13H17N3O. The molecule has 0 radical (unpaired) electrons. The maximum Gasteiger partial charge on any atom is 0.181 e. The van der Waals surface area contributed by atoms with Crippen LogP contribution in [0.4, 0.5) is 0 Å². The van der Waals surface area contributed by atoms with Gasteiger partial charge in [-0.2, -0.15) is 4.73 Å². The zero-order valence-corrected chi connectivity index (χ0v) is 9.84. The van der Waals surface area contributed by atoms with E-state index < -0.39 is 0 Å². The summed E-state index contributed by atoms with van der Waals surface area (Å²) in [7, 11) is 0. The van der Waals surface area contributed by atoms with E-state index in [4.69, 9.17) is 0 Å². The van der Waals surface area contributed by atoms with Gasteiger partial charge in [-0.15, -0.1) is 0 Å². The van der Waals surface area contributed by atoms with Gasteiger partial charge in [0.15, 0.2) is 5.65 Å². The minimum absolute atomic E-state index is 0.601. The summed E-state index contributed by atoms with van der Waals surface area (Å²) in [5, 5.41) is 9.60. The van der Waals surface area contributed by atoms with Crippen molar-refractivity contribution in [3.05, 3.63) is 24.2 Å². The van der Waals surface area contributed by atoms with Crippen molar-refractivity contribution in [2.75, 3.05) is 0 Å². The zero-order chi connectivity index (χ0) is 11.7. The molecule has 4 heteroatoms. The predicted molar refractivity (Wildman–Crippen MR) is 65.2 cm³/mol. The summed E-state index contributed by atoms with van der Waals surface area (Å²) >= 11 is 0. The molecule has 2 aromatic heterocycles. The SMILES string of the molecule is On1cnc2ncc(C3CCCCCC3)cc21. The molecule has 0 aromatic carbocycles. The van der Waals surface area contributed by atoms with Gasteiger partial charge < -0.3 is 5.21 Å². The first-order valence-corrected chi connectivity index (χ1v) is 6.37. The number of hydrogen-bond acceptors (Lipinski definition) is 3. The highest BCUT2D eigenvalue weighted by Gasteiger charge is 2.16. The molecule has 1 saturated carbocycles. The Labute approximate surface area is 100 Å². The van der Waals surface area contributed by atoms with Crippen molar-refractivity contribution in [1.29, 1.82) is 0 Å². The summed E-state index contributed by atoms with van der Waals surface area (Å²) in [5.41, 5.74) is 2.58. The van der Waals surface area contributed by atoms with Crippen LogP contribution in [-0.4, -0.2) is 19.9 Å². The lowest BCUT2D eigenvalue weighted by Gasteiger charge is -2.13. The minimum Gasteiger partial charge on any atom is -0.427 e. The van der Waals surface area contributed by atoms with Gasteiger partial charge in [0.05, 0.1) is 0 Å². The van der Waals surface area contributed by atoms with Crippen LogP contribution in [0.25, 0.3) is 11.2 Å². The number of rotatable bonds is 1. The normalized spacial score (nSPS) is 18.4. The third-order valence-corrected chi connectivity index (χ3v) is 3.73. The van der Waals surface area contributed by atoms with Crippen molar-refractivity contribution in [3.8, 4) is 0 Å². The van der Waals surface area contributed by atoms with Crippen molar-refractivity contribution in [2.45, 2.75) is 44.4 Å². The van der Waals surface area contributed by atoms with Gasteiger partial charge in [0, 0.05) is 6.20 Å². The Morgan fingerprint density at radius 2 is 1.88 bits per heavy atom. The van der Waals surface area contributed by atoms with Crippen LogP contribution in [0.2, 0.25) is 0 Å². The minimum atomic E-state index is 0.601. The molecule has 0 amide bonds. The van der Waals surface area contributed by atoms with Gasteiger partial charge in [-0.1, -0.05) is 25.7 Å². The first-order valence-electron chi connectivity index (χ1n) is 6.37. The quantitative estimate of drug-likeness (QED) is 0.606. The summed E-state index contributed by atoms with van der Waals surface area (Å²) < 4.78 is 1.06. The van der Waals surface area contributed by atoms with Gasteiger partial charge in [-0.3, -0.25) is 0 Å². The molecule has 4 nitrogen and oxygen atoms in total. The van der Waals surface area contributed by atoms with Crippen molar-refractivity contribution >= 4 is 11.2 Å². The molecule has 1 aliphatic carbocycles. The van der Waals surface area contributed by atoms with E-state index in [2.05, 4.69) is 9.97 Å². The molecule has 2 aromatic rings. The molecule has 1 N–H and O–H groups in total. The number of aromatic nitrogens is 3. The fraction of sp³-hybridized carbons (Fsp3) is 0.538. The predicted octanol–water partition coefficient (Wildman–Crippen LogP) is 3.11. The fourth-order valence-electron chi connectivity index (χ4n) is 2.74. The van der Waals surface area contributed by atoms with Crippen LogP contribution in [0.5, 0.6) is 0 Å². The summed E-state index contributed by atoms with van der Waals surface area (Å²) in [6.07, 6.45) is 11.1. The van der Waals surface area contributed by atoms with E-state index in [9.17, 15) is 5.21 Å². The molecule has 1 aliphatic rings. The number of imidazole rings is 1. The monoisotopic (exact) mass is 231 g/mol. The van der Waals surface area contributed by atoms with E-state index in [0.29, 0.717) is 17.1 Å². The molecular weight excluding hydrogens is 214 g/mol. The number of hydrogen-bond donors (Lipinski definition) is 1. The molecule has 17 heavy (non-hydrogen) atoms. The van der Waals surface area contributed by atoms with Crippen molar-refractivity contribution < 1.29 is 5.21 Å². The van der Waals surface area contributed by atoms with Crippen molar-refractivity contribution in [2.24, 2.45) is 0 Å². The maximum atomic E-state index is 9.60. The smallest absolute Gasteiger partial charge is 0.181 e. The Kier molecular flexibility index (Phi) is 2.71. The number of pyridine rings is 1. The van der Waals surface area contributed by atoms with E-state index >= 15 is 0 Å². The van der Waals surface area contributed by atoms with Crippen LogP contribution >= 0.6 is 0 Å². The van der Waals surface area contributed by atoms with Gasteiger partial charge >= 0.3 is 0 Å². The molecule has 0 bridgehead atoms. The summed E-state index contributed by atoms with van der Waals surface area (Å²) in [6, 6.07) is 2.03. The average molecular weight is 231 g/mol. The average Bonchev–Trinajstić information content (AvgIpc) is 2.58. The largest absolute Gasteiger partial charge is 0.427 e. The highest BCUT2D eigenvalue weighted by molar-refractivity contribution is 5.70. The van der Waals surface area contributed by atoms with Crippen LogP contribution in [-0.2, 0) is 0 Å². The number of nitrogens with zero attached hydrogens (tertiary/aromatic N) is 3. The Morgan fingerprint density at radius 3 is 2.65 bits per heavy atom. The molecule has 0 spiro atoms. The highest BCUT2D eigenvalue weighted by Crippen LogP contribution is 2.32. The lowest BCUT2D eigenvalue weighted by atomic mass is 9.93. The molecule has 2 heterocycles. The standard InChI is InChI=1S/C13H17N3O/c17-16-9-15-13-12(16)7-11(8-14-13)10-5-3-1-2-4-6-10/h7-10,17H,1-6H2. The van der Waals surface area contributed by atoms with Crippen LogP contribution in [0.15, 0.2) is 18.6 Å². The zero-order valence-electron chi connectivity index (χ0n) is 9.84. The number of fused-ring (bicyclic) bond motifs is 1. The van der Waals surface area contributed by atoms with Gasteiger partial charge in [-0.05, 0) is 30.4 Å². The lowest BCUT2D eigenvalue weighted by molar-refractivity contribution is 0.198. The van der Waals surface area contributed by atoms with E-state index in [0.717, 1.165) is 4.73 Å². The first kappa shape index (κ1) is 10.6. The van der Waals surface area contributed by atoms with E-state index in [1.165, 1.54) is 50.4 Å². The first-order chi connectivity index (χ1) is 8.34. The van der Waals surface area contributed by atoms with Crippen LogP contribution in [0.3, 0.4) is 0 Å². The van der Waals surface area contributed by atoms with Crippen LogP contribution < -0.4 is 0 Å². The molecule has 0 aliphatic heterocycles. The second kappa shape index (κ2) is 4.35. The van der Waals surface area contributed by atoms with Gasteiger partial charge in [0.25, 0.3) is 0 Å². The van der Waals surface area contributed by atoms with Crippen LogP contribution in [0, 0.1) is 0 Å². The molecule has 90 valence electrons. The van der Waals surface area contributed by atoms with E-state index in [1.54, 1.807) is 0 Å². The molecule has 0 atom stereocenters. The third kappa shape index (κ3) is 1.99. The summed E-state index contributed by atoms with van der Waals surface area (Å²) in [6.45, 7) is 0. The topological polar surface area (TPSA) is 50.9 Å². The molecule has 0 unspecified atom stereocenters. The fourth-order valence-corrected chi connectivity index (χ4v) is 2.74. The third-order valence-electron chi connectivity index (χ3n) is 3.73. The second-order valence-electron chi connectivity index (χ2n) is 4.89. The van der Waals surface area contributed by atoms with Gasteiger partial charge in [-0.25, -0.2) is 9.97 Å². The van der Waals surface area contributed by atoms with E-state index in [1.807, 2.05) is 12.3 Å². The Hall–Kier alpha value is -1.58. The van der Waals surface area contributed by atoms with Gasteiger partial charge in [0.2, 0.25) is 0 Å². The van der Waals surface area contributed by atoms with Crippen molar-refractivity contribution in [1.82, 2.24) is 14.7 Å². The van der Waals surface area contributed by atoms with E-state index in [-0.39, 0.29) is 0 Å². The van der Waals surface area contributed by atoms with Crippen LogP contribution in [0.1, 0.15) is 50.0 Å². The molecule has 0 saturated heterocycles. The van der Waals surface area contributed by atoms with Gasteiger partial charge in [0.1, 0.15) is 11.8 Å². The second-order valence-corrected chi connectivity index (χ2v) is 4.89. The Bertz CT molecular complexity index is 512. The Balaban J connectivity index is 1.95. The molecule has 3 rings (SSSR count). The maximum absolute atomic E-state index is 9.60. The Morgan fingerprint density at radius 1 is 1.12 bits per heavy atom.